The van der Waals surface area contributed by atoms with E-state index in [9.17, 15) is 9.36 Å². The van der Waals surface area contributed by atoms with Crippen LogP contribution in [0.2, 0.25) is 5.02 Å². The molecular weight excluding hydrogens is 317 g/mol. The summed E-state index contributed by atoms with van der Waals surface area (Å²) >= 11 is 5.73. The number of esters is 1. The number of benzene rings is 1. The monoisotopic (exact) mass is 333 g/mol. The molecule has 0 spiro atoms. The lowest BCUT2D eigenvalue weighted by Gasteiger charge is -2.12. The lowest BCUT2D eigenvalue weighted by atomic mass is 10.1. The maximum Gasteiger partial charge on any atom is 0.352 e. The highest BCUT2D eigenvalue weighted by Gasteiger charge is 2.22. The standard InChI is InChI=1S/C13H17ClNO5P/c1-9(8-21(17,18)19)6-12(15)13(16)20-7-10-2-4-11(14)5-3-10/h2-5,9,15H,6-8H2,1H3,(H2,17,18,19). The van der Waals surface area contributed by atoms with Crippen molar-refractivity contribution in [1.82, 2.24) is 0 Å². The smallest absolute Gasteiger partial charge is 0.352 e. The van der Waals surface area contributed by atoms with Crippen molar-refractivity contribution in [3.63, 3.8) is 0 Å². The predicted octanol–water partition coefficient (Wildman–Crippen LogP) is 2.61. The second kappa shape index (κ2) is 7.71. The van der Waals surface area contributed by atoms with Crippen molar-refractivity contribution in [2.24, 2.45) is 5.92 Å². The van der Waals surface area contributed by atoms with Crippen molar-refractivity contribution in [3.8, 4) is 0 Å². The number of nitrogens with one attached hydrogen (secondary N) is 1. The van der Waals surface area contributed by atoms with Gasteiger partial charge in [-0.05, 0) is 30.0 Å². The molecule has 1 aromatic rings. The summed E-state index contributed by atoms with van der Waals surface area (Å²) in [5.41, 5.74) is 0.439. The van der Waals surface area contributed by atoms with Gasteiger partial charge in [0.2, 0.25) is 0 Å². The molecule has 1 unspecified atom stereocenters. The van der Waals surface area contributed by atoms with Crippen molar-refractivity contribution in [3.05, 3.63) is 34.9 Å². The van der Waals surface area contributed by atoms with E-state index in [4.69, 9.17) is 31.5 Å². The molecule has 0 saturated heterocycles. The summed E-state index contributed by atoms with van der Waals surface area (Å²) in [5, 5.41) is 8.16. The van der Waals surface area contributed by atoms with Crippen molar-refractivity contribution in [2.45, 2.75) is 20.0 Å². The Bertz CT molecular complexity index is 554. The van der Waals surface area contributed by atoms with E-state index in [0.29, 0.717) is 5.02 Å². The number of carbonyl (C=O) groups is 1. The Labute approximate surface area is 127 Å². The minimum Gasteiger partial charge on any atom is -0.456 e. The third-order valence-electron chi connectivity index (χ3n) is 2.63. The number of hydrogen-bond acceptors (Lipinski definition) is 4. The molecule has 0 aliphatic heterocycles. The Morgan fingerprint density at radius 3 is 2.48 bits per heavy atom. The van der Waals surface area contributed by atoms with E-state index in [1.807, 2.05) is 0 Å². The normalized spacial score (nSPS) is 12.8. The van der Waals surface area contributed by atoms with Crippen LogP contribution in [0.1, 0.15) is 18.9 Å². The SMILES string of the molecule is CC(CC(=N)C(=O)OCc1ccc(Cl)cc1)CP(=O)(O)O. The fraction of sp³-hybridized carbons (Fsp3) is 0.385. The zero-order valence-corrected chi connectivity index (χ0v) is 13.1. The quantitative estimate of drug-likeness (QED) is 0.404. The third-order valence-corrected chi connectivity index (χ3v) is 3.98. The summed E-state index contributed by atoms with van der Waals surface area (Å²) in [6, 6.07) is 6.74. The summed E-state index contributed by atoms with van der Waals surface area (Å²) < 4.78 is 15.8. The van der Waals surface area contributed by atoms with Gasteiger partial charge in [0, 0.05) is 5.02 Å². The van der Waals surface area contributed by atoms with Crippen LogP contribution in [-0.2, 0) is 20.7 Å². The van der Waals surface area contributed by atoms with Crippen LogP contribution < -0.4 is 0 Å². The van der Waals surface area contributed by atoms with E-state index >= 15 is 0 Å². The molecule has 1 atom stereocenters. The largest absolute Gasteiger partial charge is 0.456 e. The van der Waals surface area contributed by atoms with Crippen molar-refractivity contribution in [2.75, 3.05) is 6.16 Å². The van der Waals surface area contributed by atoms with E-state index in [1.165, 1.54) is 0 Å². The number of hydrogen-bond donors (Lipinski definition) is 3. The van der Waals surface area contributed by atoms with Gasteiger partial charge in [0.25, 0.3) is 0 Å². The molecule has 0 fully saturated rings. The summed E-state index contributed by atoms with van der Waals surface area (Å²) in [6.07, 6.45) is -0.398. The average molecular weight is 334 g/mol. The Morgan fingerprint density at radius 2 is 1.95 bits per heavy atom. The van der Waals surface area contributed by atoms with Gasteiger partial charge in [-0.1, -0.05) is 30.7 Å². The minimum atomic E-state index is -4.14. The highest BCUT2D eigenvalue weighted by molar-refractivity contribution is 7.51. The van der Waals surface area contributed by atoms with Crippen LogP contribution in [0.15, 0.2) is 24.3 Å². The van der Waals surface area contributed by atoms with E-state index in [-0.39, 0.29) is 24.9 Å². The summed E-state index contributed by atoms with van der Waals surface area (Å²) in [5.74, 6) is -1.26. The second-order valence-electron chi connectivity index (χ2n) is 4.84. The minimum absolute atomic E-state index is 0.0191. The number of rotatable bonds is 7. The molecule has 8 heteroatoms. The molecule has 0 bridgehead atoms. The predicted molar refractivity (Wildman–Crippen MR) is 79.7 cm³/mol. The molecule has 0 amide bonds. The van der Waals surface area contributed by atoms with Crippen molar-refractivity contribution in [1.29, 1.82) is 5.41 Å². The van der Waals surface area contributed by atoms with E-state index in [2.05, 4.69) is 0 Å². The molecule has 3 N–H and O–H groups in total. The van der Waals surface area contributed by atoms with Gasteiger partial charge in [-0.3, -0.25) is 9.97 Å². The van der Waals surface area contributed by atoms with Gasteiger partial charge in [0.05, 0.1) is 6.16 Å². The third kappa shape index (κ3) is 7.39. The van der Waals surface area contributed by atoms with Crippen LogP contribution in [0.4, 0.5) is 0 Å². The van der Waals surface area contributed by atoms with Crippen molar-refractivity contribution < 1.29 is 23.9 Å². The highest BCUT2D eigenvalue weighted by Crippen LogP contribution is 2.37. The van der Waals surface area contributed by atoms with Gasteiger partial charge >= 0.3 is 13.6 Å². The molecule has 0 aliphatic carbocycles. The maximum absolute atomic E-state index is 11.6. The Morgan fingerprint density at radius 1 is 1.38 bits per heavy atom. The molecule has 21 heavy (non-hydrogen) atoms. The van der Waals surface area contributed by atoms with Gasteiger partial charge in [0.15, 0.2) is 0 Å². The van der Waals surface area contributed by atoms with E-state index in [0.717, 1.165) is 5.56 Å². The molecule has 0 aromatic heterocycles. The summed E-state index contributed by atoms with van der Waals surface area (Å²) in [7, 11) is -4.14. The first-order valence-corrected chi connectivity index (χ1v) is 8.38. The van der Waals surface area contributed by atoms with Crippen LogP contribution in [-0.4, -0.2) is 27.6 Å². The number of carbonyl (C=O) groups excluding carboxylic acids is 1. The van der Waals surface area contributed by atoms with Crippen LogP contribution in [0.25, 0.3) is 0 Å². The van der Waals surface area contributed by atoms with Crippen LogP contribution >= 0.6 is 19.2 Å². The summed E-state index contributed by atoms with van der Waals surface area (Å²) in [4.78, 5) is 29.3. The first kappa shape index (κ1) is 17.9. The highest BCUT2D eigenvalue weighted by atomic mass is 35.5. The van der Waals surface area contributed by atoms with Gasteiger partial charge < -0.3 is 14.5 Å². The lowest BCUT2D eigenvalue weighted by molar-refractivity contribution is -0.137. The van der Waals surface area contributed by atoms with E-state index in [1.54, 1.807) is 31.2 Å². The molecule has 6 nitrogen and oxygen atoms in total. The van der Waals surface area contributed by atoms with Crippen LogP contribution in [0.3, 0.4) is 0 Å². The van der Waals surface area contributed by atoms with Gasteiger partial charge in [0.1, 0.15) is 12.3 Å². The van der Waals surface area contributed by atoms with Crippen molar-refractivity contribution >= 4 is 30.9 Å². The molecule has 0 heterocycles. The van der Waals surface area contributed by atoms with Gasteiger partial charge in [-0.15, -0.1) is 0 Å². The fourth-order valence-corrected chi connectivity index (χ4v) is 2.79. The van der Waals surface area contributed by atoms with Gasteiger partial charge in [-0.25, -0.2) is 4.79 Å². The molecule has 0 radical (unpaired) electrons. The molecule has 0 aliphatic rings. The lowest BCUT2D eigenvalue weighted by Crippen LogP contribution is -2.20. The fourth-order valence-electron chi connectivity index (χ4n) is 1.72. The average Bonchev–Trinajstić information content (AvgIpc) is 2.35. The van der Waals surface area contributed by atoms with Crippen LogP contribution in [0, 0.1) is 11.3 Å². The van der Waals surface area contributed by atoms with Crippen LogP contribution in [0.5, 0.6) is 0 Å². The zero-order valence-electron chi connectivity index (χ0n) is 11.5. The Balaban J connectivity index is 2.42. The molecule has 1 aromatic carbocycles. The first-order chi connectivity index (χ1) is 9.67. The molecule has 1 rings (SSSR count). The first-order valence-electron chi connectivity index (χ1n) is 6.21. The van der Waals surface area contributed by atoms with Gasteiger partial charge in [-0.2, -0.15) is 0 Å². The number of halogens is 1. The molecular formula is C13H17ClNO5P. The second-order valence-corrected chi connectivity index (χ2v) is 6.97. The zero-order chi connectivity index (χ0) is 16.0. The number of ether oxygens (including phenoxy) is 1. The maximum atomic E-state index is 11.6. The Hall–Kier alpha value is -1.20. The Kier molecular flexibility index (Phi) is 6.55. The summed E-state index contributed by atoms with van der Waals surface area (Å²) in [6.45, 7) is 1.59. The van der Waals surface area contributed by atoms with E-state index < -0.39 is 19.5 Å². The molecule has 0 saturated carbocycles. The molecule has 116 valence electrons. The topological polar surface area (TPSA) is 108 Å².